The van der Waals surface area contributed by atoms with Crippen LogP contribution in [0.4, 0.5) is 4.39 Å². The Hall–Kier alpha value is -2.82. The third kappa shape index (κ3) is 2.73. The van der Waals surface area contributed by atoms with Crippen LogP contribution in [0, 0.1) is 15.9 Å². The summed E-state index contributed by atoms with van der Waals surface area (Å²) in [6.45, 7) is 3.45. The molecule has 0 bridgehead atoms. The van der Waals surface area contributed by atoms with E-state index >= 15 is 0 Å². The molecule has 4 nitrogen and oxygen atoms in total. The number of allylic oxidation sites excluding steroid dienone is 1. The van der Waals surface area contributed by atoms with Gasteiger partial charge in [0.15, 0.2) is 0 Å². The molecular formula is C19H17FN2O2. The zero-order valence-electron chi connectivity index (χ0n) is 13.4. The van der Waals surface area contributed by atoms with Crippen molar-refractivity contribution in [3.05, 3.63) is 87.4 Å². The molecule has 24 heavy (non-hydrogen) atoms. The molecule has 0 N–H and O–H groups in total. The molecule has 0 saturated carbocycles. The Morgan fingerprint density at radius 1 is 1.04 bits per heavy atom. The normalized spacial score (nSPS) is 20.7. The number of rotatable bonds is 3. The Labute approximate surface area is 139 Å². The lowest BCUT2D eigenvalue weighted by Crippen LogP contribution is -2.38. The summed E-state index contributed by atoms with van der Waals surface area (Å²) in [5, 5.41) is 11.7. The fourth-order valence-corrected chi connectivity index (χ4v) is 3.35. The van der Waals surface area contributed by atoms with Crippen LogP contribution in [0.25, 0.3) is 5.57 Å². The number of hydrogen-bond acceptors (Lipinski definition) is 3. The van der Waals surface area contributed by atoms with Gasteiger partial charge in [-0.15, -0.1) is 0 Å². The van der Waals surface area contributed by atoms with Crippen molar-refractivity contribution in [3.63, 3.8) is 0 Å². The summed E-state index contributed by atoms with van der Waals surface area (Å²) in [6.07, 6.45) is 0. The van der Waals surface area contributed by atoms with Crippen molar-refractivity contribution < 1.29 is 9.31 Å². The molecule has 0 saturated heterocycles. The largest absolute Gasteiger partial charge is 0.264 e. The van der Waals surface area contributed by atoms with Crippen LogP contribution >= 0.6 is 0 Å². The molecule has 1 aliphatic heterocycles. The van der Waals surface area contributed by atoms with Gasteiger partial charge in [-0.05, 0) is 31.1 Å². The molecule has 2 unspecified atom stereocenters. The number of halogens is 1. The summed E-state index contributed by atoms with van der Waals surface area (Å²) < 4.78 is 14.5. The summed E-state index contributed by atoms with van der Waals surface area (Å²) in [6, 6.07) is 14.5. The van der Waals surface area contributed by atoms with Crippen LogP contribution in [0.3, 0.4) is 0 Å². The molecule has 0 radical (unpaired) electrons. The van der Waals surface area contributed by atoms with Crippen LogP contribution in [0.15, 0.2) is 65.3 Å². The molecule has 2 atom stereocenters. The maximum atomic E-state index is 14.5. The highest BCUT2D eigenvalue weighted by Crippen LogP contribution is 2.42. The third-order valence-corrected chi connectivity index (χ3v) is 4.34. The summed E-state index contributed by atoms with van der Waals surface area (Å²) in [7, 11) is 0. The molecule has 0 spiro atoms. The molecule has 5 heteroatoms. The molecule has 0 aliphatic carbocycles. The van der Waals surface area contributed by atoms with E-state index in [1.54, 1.807) is 25.1 Å². The van der Waals surface area contributed by atoms with Crippen LogP contribution in [-0.2, 0) is 0 Å². The lowest BCUT2D eigenvalue weighted by molar-refractivity contribution is -0.504. The number of benzene rings is 2. The van der Waals surface area contributed by atoms with Crippen molar-refractivity contribution in [2.75, 3.05) is 0 Å². The average molecular weight is 324 g/mol. The van der Waals surface area contributed by atoms with E-state index in [9.17, 15) is 14.5 Å². The van der Waals surface area contributed by atoms with Crippen molar-refractivity contribution in [2.24, 2.45) is 4.99 Å². The van der Waals surface area contributed by atoms with E-state index in [-0.39, 0.29) is 4.92 Å². The van der Waals surface area contributed by atoms with Crippen LogP contribution < -0.4 is 0 Å². The summed E-state index contributed by atoms with van der Waals surface area (Å²) in [4.78, 5) is 15.7. The highest BCUT2D eigenvalue weighted by atomic mass is 19.1. The van der Waals surface area contributed by atoms with Crippen LogP contribution in [-0.4, -0.2) is 16.7 Å². The Morgan fingerprint density at radius 3 is 2.29 bits per heavy atom. The second-order valence-electron chi connectivity index (χ2n) is 5.85. The first-order chi connectivity index (χ1) is 11.5. The van der Waals surface area contributed by atoms with E-state index in [1.165, 1.54) is 6.07 Å². The smallest absolute Gasteiger partial charge is 0.261 e. The second kappa shape index (κ2) is 6.35. The zero-order chi connectivity index (χ0) is 17.3. The maximum absolute atomic E-state index is 14.5. The van der Waals surface area contributed by atoms with Crippen LogP contribution in [0.2, 0.25) is 0 Å². The van der Waals surface area contributed by atoms with E-state index in [0.29, 0.717) is 22.5 Å². The molecule has 1 heterocycles. The summed E-state index contributed by atoms with van der Waals surface area (Å²) in [5.74, 6) is -1.15. The van der Waals surface area contributed by atoms with Gasteiger partial charge in [0, 0.05) is 16.2 Å². The van der Waals surface area contributed by atoms with Crippen molar-refractivity contribution in [1.82, 2.24) is 0 Å². The Morgan fingerprint density at radius 2 is 1.67 bits per heavy atom. The van der Waals surface area contributed by atoms with Gasteiger partial charge in [-0.1, -0.05) is 48.5 Å². The minimum atomic E-state index is -1.08. The van der Waals surface area contributed by atoms with Gasteiger partial charge in [0.25, 0.3) is 6.04 Å². The minimum absolute atomic E-state index is 0.326. The predicted molar refractivity (Wildman–Crippen MR) is 92.1 cm³/mol. The molecule has 2 aromatic carbocycles. The quantitative estimate of drug-likeness (QED) is 0.618. The fourth-order valence-electron chi connectivity index (χ4n) is 3.35. The Balaban J connectivity index is 2.28. The van der Waals surface area contributed by atoms with Crippen molar-refractivity contribution in [1.29, 1.82) is 0 Å². The number of aliphatic imine (C=N–C) groups is 1. The maximum Gasteiger partial charge on any atom is 0.261 e. The van der Waals surface area contributed by atoms with Gasteiger partial charge in [-0.3, -0.25) is 15.1 Å². The first-order valence-electron chi connectivity index (χ1n) is 7.70. The second-order valence-corrected chi connectivity index (χ2v) is 5.85. The van der Waals surface area contributed by atoms with Gasteiger partial charge < -0.3 is 0 Å². The van der Waals surface area contributed by atoms with E-state index in [2.05, 4.69) is 4.99 Å². The Kier molecular flexibility index (Phi) is 4.25. The molecule has 1 aliphatic rings. The topological polar surface area (TPSA) is 55.5 Å². The first kappa shape index (κ1) is 16.1. The minimum Gasteiger partial charge on any atom is -0.264 e. The van der Waals surface area contributed by atoms with Gasteiger partial charge in [0.1, 0.15) is 5.82 Å². The van der Waals surface area contributed by atoms with Gasteiger partial charge in [-0.2, -0.15) is 0 Å². The summed E-state index contributed by atoms with van der Waals surface area (Å²) in [5.41, 5.74) is 2.93. The Bertz CT molecular complexity index is 843. The molecule has 0 aromatic heterocycles. The lowest BCUT2D eigenvalue weighted by atomic mass is 9.77. The number of nitro groups is 1. The number of hydrogen-bond donors (Lipinski definition) is 0. The predicted octanol–water partition coefficient (Wildman–Crippen LogP) is 4.46. The van der Waals surface area contributed by atoms with Gasteiger partial charge in [0.2, 0.25) is 0 Å². The first-order valence-corrected chi connectivity index (χ1v) is 7.70. The monoisotopic (exact) mass is 324 g/mol. The zero-order valence-corrected chi connectivity index (χ0v) is 13.4. The lowest BCUT2D eigenvalue weighted by Gasteiger charge is -2.29. The van der Waals surface area contributed by atoms with Gasteiger partial charge >= 0.3 is 0 Å². The highest BCUT2D eigenvalue weighted by molar-refractivity contribution is 5.95. The van der Waals surface area contributed by atoms with E-state index < -0.39 is 17.8 Å². The van der Waals surface area contributed by atoms with Crippen LogP contribution in [0.5, 0.6) is 0 Å². The van der Waals surface area contributed by atoms with Crippen LogP contribution in [0.1, 0.15) is 30.9 Å². The van der Waals surface area contributed by atoms with E-state index in [0.717, 1.165) is 5.56 Å². The molecule has 2 aromatic rings. The molecule has 122 valence electrons. The fraction of sp³-hybridized carbons (Fsp3) is 0.211. The number of nitrogens with zero attached hydrogens (tertiary/aromatic N) is 2. The highest BCUT2D eigenvalue weighted by Gasteiger charge is 2.43. The third-order valence-electron chi connectivity index (χ3n) is 4.34. The van der Waals surface area contributed by atoms with E-state index in [4.69, 9.17) is 0 Å². The van der Waals surface area contributed by atoms with E-state index in [1.807, 2.05) is 37.3 Å². The van der Waals surface area contributed by atoms with Gasteiger partial charge in [0.05, 0.1) is 11.6 Å². The van der Waals surface area contributed by atoms with Gasteiger partial charge in [-0.25, -0.2) is 4.39 Å². The average Bonchev–Trinajstić information content (AvgIpc) is 2.55. The van der Waals surface area contributed by atoms with Crippen molar-refractivity contribution in [2.45, 2.75) is 25.8 Å². The summed E-state index contributed by atoms with van der Waals surface area (Å²) >= 11 is 0. The molecule has 0 amide bonds. The molecule has 0 fully saturated rings. The SMILES string of the molecule is CC1=NC(C)=C(c2ccccc2)C(c2ccccc2F)C1[N+](=O)[O-]. The van der Waals surface area contributed by atoms with Crippen molar-refractivity contribution >= 4 is 11.3 Å². The molecular weight excluding hydrogens is 307 g/mol. The van der Waals surface area contributed by atoms with Crippen molar-refractivity contribution in [3.8, 4) is 0 Å². The molecule has 3 rings (SSSR count). The standard InChI is InChI=1S/C19H17FN2O2/c1-12-17(14-8-4-3-5-9-14)18(15-10-6-7-11-16(15)20)19(22(23)24)13(2)21-12/h3-11,18-19H,1-2H3.